The second-order valence-corrected chi connectivity index (χ2v) is 10.5. The summed E-state index contributed by atoms with van der Waals surface area (Å²) in [5.74, 6) is -0.373. The van der Waals surface area contributed by atoms with Crippen LogP contribution in [-0.4, -0.2) is 57.1 Å². The molecule has 2 aromatic rings. The van der Waals surface area contributed by atoms with Crippen LogP contribution in [0.1, 0.15) is 38.7 Å². The maximum atomic E-state index is 13.2. The fraction of sp³-hybridized carbons (Fsp3) is 0.440. The third-order valence-electron chi connectivity index (χ3n) is 5.47. The predicted octanol–water partition coefficient (Wildman–Crippen LogP) is 3.87. The Kier molecular flexibility index (Phi) is 10.9. The zero-order valence-corrected chi connectivity index (χ0v) is 21.6. The maximum absolute atomic E-state index is 13.2. The van der Waals surface area contributed by atoms with Crippen LogP contribution in [0.4, 0.5) is 5.69 Å². The van der Waals surface area contributed by atoms with E-state index in [1.165, 1.54) is 4.31 Å². The van der Waals surface area contributed by atoms with Crippen molar-refractivity contribution in [1.29, 1.82) is 0 Å². The predicted molar refractivity (Wildman–Crippen MR) is 137 cm³/mol. The van der Waals surface area contributed by atoms with E-state index >= 15 is 0 Å². The van der Waals surface area contributed by atoms with Crippen LogP contribution in [0.3, 0.4) is 0 Å². The Balaban J connectivity index is 2.08. The van der Waals surface area contributed by atoms with Gasteiger partial charge in [-0.25, -0.2) is 8.42 Å². The number of hydrogen-bond acceptors (Lipinski definition) is 4. The SMILES string of the molecule is CCCNC(=O)[C@H](C)N(CCc1ccccc1)C(=O)CCCN(c1ccc(Cl)cc1)S(C)(=O)=O. The van der Waals surface area contributed by atoms with Gasteiger partial charge in [-0.3, -0.25) is 13.9 Å². The number of carbonyl (C=O) groups excluding carboxylic acids is 2. The molecular formula is C25H34ClN3O4S. The molecule has 1 N–H and O–H groups in total. The number of nitrogens with zero attached hydrogens (tertiary/aromatic N) is 2. The normalized spacial score (nSPS) is 12.1. The first kappa shape index (κ1) is 27.7. The van der Waals surface area contributed by atoms with E-state index in [1.807, 2.05) is 37.3 Å². The highest BCUT2D eigenvalue weighted by molar-refractivity contribution is 7.92. The lowest BCUT2D eigenvalue weighted by molar-refractivity contribution is -0.139. The van der Waals surface area contributed by atoms with Gasteiger partial charge >= 0.3 is 0 Å². The molecule has 1 atom stereocenters. The van der Waals surface area contributed by atoms with Gasteiger partial charge in [0.15, 0.2) is 0 Å². The highest BCUT2D eigenvalue weighted by atomic mass is 35.5. The van der Waals surface area contributed by atoms with Crippen LogP contribution in [0.2, 0.25) is 5.02 Å². The molecule has 0 unspecified atom stereocenters. The molecule has 7 nitrogen and oxygen atoms in total. The summed E-state index contributed by atoms with van der Waals surface area (Å²) in [5, 5.41) is 3.37. The first-order chi connectivity index (χ1) is 16.1. The van der Waals surface area contributed by atoms with Crippen LogP contribution in [0, 0.1) is 0 Å². The van der Waals surface area contributed by atoms with Gasteiger partial charge in [0, 0.05) is 31.1 Å². The molecule has 0 aliphatic rings. The Labute approximate surface area is 208 Å². The van der Waals surface area contributed by atoms with Gasteiger partial charge in [0.25, 0.3) is 0 Å². The zero-order valence-electron chi connectivity index (χ0n) is 20.0. The fourth-order valence-corrected chi connectivity index (χ4v) is 4.67. The Morgan fingerprint density at radius 3 is 2.26 bits per heavy atom. The van der Waals surface area contributed by atoms with Crippen molar-refractivity contribution in [3.63, 3.8) is 0 Å². The highest BCUT2D eigenvalue weighted by Crippen LogP contribution is 2.21. The number of carbonyl (C=O) groups is 2. The molecule has 0 aromatic heterocycles. The quantitative estimate of drug-likeness (QED) is 0.446. The molecule has 34 heavy (non-hydrogen) atoms. The van der Waals surface area contributed by atoms with Crippen LogP contribution >= 0.6 is 11.6 Å². The van der Waals surface area contributed by atoms with Gasteiger partial charge in [-0.05, 0) is 56.0 Å². The fourth-order valence-electron chi connectivity index (χ4n) is 3.58. The molecule has 0 bridgehead atoms. The minimum absolute atomic E-state index is 0.125. The zero-order chi connectivity index (χ0) is 25.1. The molecule has 0 fully saturated rings. The minimum Gasteiger partial charge on any atom is -0.354 e. The van der Waals surface area contributed by atoms with Crippen molar-refractivity contribution < 1.29 is 18.0 Å². The Bertz CT molecular complexity index is 1030. The minimum atomic E-state index is -3.53. The van der Waals surface area contributed by atoms with E-state index in [2.05, 4.69) is 5.32 Å². The summed E-state index contributed by atoms with van der Waals surface area (Å²) in [6.07, 6.45) is 3.01. The molecule has 9 heteroatoms. The molecule has 186 valence electrons. The number of rotatable bonds is 13. The monoisotopic (exact) mass is 507 g/mol. The number of hydrogen-bond donors (Lipinski definition) is 1. The summed E-state index contributed by atoms with van der Waals surface area (Å²) in [6, 6.07) is 15.7. The summed E-state index contributed by atoms with van der Waals surface area (Å²) in [7, 11) is -3.53. The summed E-state index contributed by atoms with van der Waals surface area (Å²) in [5.41, 5.74) is 1.57. The van der Waals surface area contributed by atoms with E-state index in [4.69, 9.17) is 11.6 Å². The molecule has 0 spiro atoms. The van der Waals surface area contributed by atoms with Crippen molar-refractivity contribution in [2.24, 2.45) is 0 Å². The van der Waals surface area contributed by atoms with Crippen molar-refractivity contribution in [3.8, 4) is 0 Å². The van der Waals surface area contributed by atoms with Gasteiger partial charge < -0.3 is 10.2 Å². The van der Waals surface area contributed by atoms with Gasteiger partial charge in [0.05, 0.1) is 11.9 Å². The topological polar surface area (TPSA) is 86.8 Å². The second kappa shape index (κ2) is 13.3. The first-order valence-electron chi connectivity index (χ1n) is 11.5. The van der Waals surface area contributed by atoms with Crippen LogP contribution in [0.5, 0.6) is 0 Å². The van der Waals surface area contributed by atoms with E-state index in [-0.39, 0.29) is 24.8 Å². The first-order valence-corrected chi connectivity index (χ1v) is 13.7. The van der Waals surface area contributed by atoms with Crippen molar-refractivity contribution in [2.75, 3.05) is 30.2 Å². The standard InChI is InChI=1S/C25H34ClN3O4S/c1-4-17-27-25(31)20(2)28(19-16-21-9-6-5-7-10-21)24(30)11-8-18-29(34(3,32)33)23-14-12-22(26)13-15-23/h5-7,9-10,12-15,20H,4,8,11,16-19H2,1-3H3,(H,27,31)/t20-/m0/s1. The van der Waals surface area contributed by atoms with Gasteiger partial charge in [-0.15, -0.1) is 0 Å². The van der Waals surface area contributed by atoms with Gasteiger partial charge in [0.1, 0.15) is 6.04 Å². The molecule has 0 radical (unpaired) electrons. The Morgan fingerprint density at radius 1 is 1.03 bits per heavy atom. The summed E-state index contributed by atoms with van der Waals surface area (Å²) < 4.78 is 25.9. The molecule has 2 aromatic carbocycles. The molecule has 2 amide bonds. The Morgan fingerprint density at radius 2 is 1.68 bits per heavy atom. The van der Waals surface area contributed by atoms with Crippen LogP contribution in [-0.2, 0) is 26.0 Å². The van der Waals surface area contributed by atoms with Gasteiger partial charge in [-0.2, -0.15) is 0 Å². The highest BCUT2D eigenvalue weighted by Gasteiger charge is 2.26. The average Bonchev–Trinajstić information content (AvgIpc) is 2.81. The Hall–Kier alpha value is -2.58. The lowest BCUT2D eigenvalue weighted by Crippen LogP contribution is -2.49. The van der Waals surface area contributed by atoms with Crippen LogP contribution in [0.15, 0.2) is 54.6 Å². The molecular weight excluding hydrogens is 474 g/mol. The van der Waals surface area contributed by atoms with Crippen molar-refractivity contribution in [1.82, 2.24) is 10.2 Å². The number of nitrogens with one attached hydrogen (secondary N) is 1. The second-order valence-electron chi connectivity index (χ2n) is 8.20. The van der Waals surface area contributed by atoms with E-state index in [9.17, 15) is 18.0 Å². The van der Waals surface area contributed by atoms with E-state index < -0.39 is 16.1 Å². The van der Waals surface area contributed by atoms with E-state index in [1.54, 1.807) is 36.1 Å². The van der Waals surface area contributed by atoms with Crippen molar-refractivity contribution in [3.05, 3.63) is 65.2 Å². The maximum Gasteiger partial charge on any atom is 0.242 e. The summed E-state index contributed by atoms with van der Waals surface area (Å²) in [4.78, 5) is 27.3. The van der Waals surface area contributed by atoms with Crippen molar-refractivity contribution in [2.45, 2.75) is 45.6 Å². The lowest BCUT2D eigenvalue weighted by atomic mass is 10.1. The number of halogens is 1. The number of amides is 2. The van der Waals surface area contributed by atoms with Crippen LogP contribution in [0.25, 0.3) is 0 Å². The third-order valence-corrected chi connectivity index (χ3v) is 6.91. The third kappa shape index (κ3) is 8.65. The van der Waals surface area contributed by atoms with E-state index in [0.29, 0.717) is 36.6 Å². The molecule has 0 heterocycles. The molecule has 2 rings (SSSR count). The van der Waals surface area contributed by atoms with Crippen LogP contribution < -0.4 is 9.62 Å². The average molecular weight is 508 g/mol. The van der Waals surface area contributed by atoms with Gasteiger partial charge in [0.2, 0.25) is 21.8 Å². The number of sulfonamides is 1. The number of anilines is 1. The van der Waals surface area contributed by atoms with Crippen molar-refractivity contribution >= 4 is 39.1 Å². The van der Waals surface area contributed by atoms with Gasteiger partial charge in [-0.1, -0.05) is 48.9 Å². The lowest BCUT2D eigenvalue weighted by Gasteiger charge is -2.29. The molecule has 0 saturated carbocycles. The summed E-state index contributed by atoms with van der Waals surface area (Å²) >= 11 is 5.92. The van der Waals surface area contributed by atoms with E-state index in [0.717, 1.165) is 18.2 Å². The largest absolute Gasteiger partial charge is 0.354 e. The summed E-state index contributed by atoms with van der Waals surface area (Å²) in [6.45, 7) is 4.79. The number of benzene rings is 2. The smallest absolute Gasteiger partial charge is 0.242 e. The molecule has 0 aliphatic carbocycles. The molecule has 0 saturated heterocycles. The molecule has 0 aliphatic heterocycles.